The Kier molecular flexibility index (Phi) is 4.30. The number of nitrogens with zero attached hydrogens (tertiary/aromatic N) is 3. The smallest absolute Gasteiger partial charge is 0.260 e. The van der Waals surface area contributed by atoms with E-state index in [0.29, 0.717) is 25.0 Å². The van der Waals surface area contributed by atoms with Gasteiger partial charge in [0.05, 0.1) is 12.3 Å². The molecule has 3 rings (SSSR count). The number of sulfonamides is 1. The van der Waals surface area contributed by atoms with E-state index in [-0.39, 0.29) is 5.03 Å². The number of imidazole rings is 1. The summed E-state index contributed by atoms with van der Waals surface area (Å²) in [5, 5.41) is 0.188. The second kappa shape index (κ2) is 6.04. The minimum atomic E-state index is -3.43. The molecule has 8 heteroatoms. The molecule has 1 aromatic rings. The van der Waals surface area contributed by atoms with Crippen LogP contribution in [0, 0.1) is 6.92 Å². The van der Waals surface area contributed by atoms with Crippen LogP contribution in [0.25, 0.3) is 0 Å². The third-order valence-electron chi connectivity index (χ3n) is 4.11. The Bertz CT molecular complexity index is 572. The highest BCUT2D eigenvalue weighted by Crippen LogP contribution is 2.18. The Balaban J connectivity index is 1.57. The molecule has 1 atom stereocenters. The zero-order valence-electron chi connectivity index (χ0n) is 12.3. The number of rotatable bonds is 4. The van der Waals surface area contributed by atoms with Crippen LogP contribution < -0.4 is 0 Å². The fourth-order valence-electron chi connectivity index (χ4n) is 2.90. The molecule has 0 saturated carbocycles. The lowest BCUT2D eigenvalue weighted by Crippen LogP contribution is -2.50. The van der Waals surface area contributed by atoms with E-state index in [1.807, 2.05) is 0 Å². The summed E-state index contributed by atoms with van der Waals surface area (Å²) in [4.78, 5) is 9.07. The van der Waals surface area contributed by atoms with E-state index in [0.717, 1.165) is 39.1 Å². The maximum Gasteiger partial charge on any atom is 0.260 e. The van der Waals surface area contributed by atoms with Crippen molar-refractivity contribution in [2.75, 3.05) is 39.3 Å². The summed E-state index contributed by atoms with van der Waals surface area (Å²) in [5.74, 6) is 0.616. The number of aromatic nitrogens is 2. The van der Waals surface area contributed by atoms with Crippen molar-refractivity contribution in [2.45, 2.75) is 30.9 Å². The van der Waals surface area contributed by atoms with Crippen LogP contribution in [0.15, 0.2) is 11.2 Å². The van der Waals surface area contributed by atoms with Gasteiger partial charge in [-0.3, -0.25) is 4.90 Å². The monoisotopic (exact) mass is 314 g/mol. The van der Waals surface area contributed by atoms with Crippen molar-refractivity contribution in [1.82, 2.24) is 19.2 Å². The number of piperazine rings is 1. The molecule has 21 heavy (non-hydrogen) atoms. The van der Waals surface area contributed by atoms with Gasteiger partial charge in [0.25, 0.3) is 10.0 Å². The van der Waals surface area contributed by atoms with Crippen molar-refractivity contribution in [1.29, 1.82) is 0 Å². The van der Waals surface area contributed by atoms with Gasteiger partial charge in [0.15, 0.2) is 5.03 Å². The first-order valence-corrected chi connectivity index (χ1v) is 8.85. The summed E-state index contributed by atoms with van der Waals surface area (Å²) in [5.41, 5.74) is 0. The van der Waals surface area contributed by atoms with Gasteiger partial charge in [-0.2, -0.15) is 4.31 Å². The zero-order valence-corrected chi connectivity index (χ0v) is 13.1. The summed E-state index contributed by atoms with van der Waals surface area (Å²) in [6.07, 6.45) is 3.97. The largest absolute Gasteiger partial charge is 0.377 e. The van der Waals surface area contributed by atoms with Gasteiger partial charge >= 0.3 is 0 Å². The fraction of sp³-hybridized carbons (Fsp3) is 0.769. The lowest BCUT2D eigenvalue weighted by molar-refractivity contribution is 0.0617. The van der Waals surface area contributed by atoms with E-state index in [4.69, 9.17) is 4.74 Å². The summed E-state index contributed by atoms with van der Waals surface area (Å²) in [6, 6.07) is 0. The Morgan fingerprint density at radius 1 is 1.38 bits per heavy atom. The predicted molar refractivity (Wildman–Crippen MR) is 77.5 cm³/mol. The standard InChI is InChI=1S/C13H22N4O3S/c1-11-14-9-13(15-11)21(18,19)17-6-4-16(5-7-17)10-12-3-2-8-20-12/h9,12H,2-8,10H2,1H3,(H,14,15). The second-order valence-corrected chi connectivity index (χ2v) is 7.58. The van der Waals surface area contributed by atoms with Gasteiger partial charge in [0, 0.05) is 39.3 Å². The van der Waals surface area contributed by atoms with Gasteiger partial charge in [-0.25, -0.2) is 13.4 Å². The van der Waals surface area contributed by atoms with Gasteiger partial charge in [0.1, 0.15) is 5.82 Å². The summed E-state index contributed by atoms with van der Waals surface area (Å²) >= 11 is 0. The lowest BCUT2D eigenvalue weighted by Gasteiger charge is -2.34. The minimum Gasteiger partial charge on any atom is -0.377 e. The molecule has 2 fully saturated rings. The summed E-state index contributed by atoms with van der Waals surface area (Å²) < 4.78 is 32.1. The van der Waals surface area contributed by atoms with Crippen LogP contribution in [-0.2, 0) is 14.8 Å². The first-order chi connectivity index (χ1) is 10.1. The Labute approximate surface area is 125 Å². The molecule has 3 heterocycles. The Morgan fingerprint density at radius 2 is 2.14 bits per heavy atom. The molecule has 1 unspecified atom stereocenters. The molecule has 2 saturated heterocycles. The third kappa shape index (κ3) is 3.28. The number of aromatic amines is 1. The Hall–Kier alpha value is -0.960. The van der Waals surface area contributed by atoms with E-state index < -0.39 is 10.0 Å². The summed E-state index contributed by atoms with van der Waals surface area (Å²) in [6.45, 7) is 6.08. The number of aryl methyl sites for hydroxylation is 1. The average molecular weight is 314 g/mol. The molecule has 0 radical (unpaired) electrons. The SMILES string of the molecule is Cc1ncc(S(=O)(=O)N2CCN(CC3CCCO3)CC2)[nH]1. The van der Waals surface area contributed by atoms with E-state index in [2.05, 4.69) is 14.9 Å². The van der Waals surface area contributed by atoms with Gasteiger partial charge in [-0.1, -0.05) is 0 Å². The second-order valence-electron chi connectivity index (χ2n) is 5.67. The van der Waals surface area contributed by atoms with Crippen molar-refractivity contribution in [3.63, 3.8) is 0 Å². The molecule has 0 spiro atoms. The Morgan fingerprint density at radius 3 is 2.71 bits per heavy atom. The molecule has 1 N–H and O–H groups in total. The van der Waals surface area contributed by atoms with E-state index in [9.17, 15) is 8.42 Å². The van der Waals surface area contributed by atoms with Crippen LogP contribution >= 0.6 is 0 Å². The van der Waals surface area contributed by atoms with Crippen LogP contribution in [0.3, 0.4) is 0 Å². The number of hydrogen-bond donors (Lipinski definition) is 1. The van der Waals surface area contributed by atoms with E-state index >= 15 is 0 Å². The highest BCUT2D eigenvalue weighted by atomic mass is 32.2. The molecule has 0 aliphatic carbocycles. The van der Waals surface area contributed by atoms with Gasteiger partial charge in [0.2, 0.25) is 0 Å². The lowest BCUT2D eigenvalue weighted by atomic mass is 10.2. The van der Waals surface area contributed by atoms with E-state index in [1.165, 1.54) is 10.5 Å². The normalized spacial score (nSPS) is 25.5. The van der Waals surface area contributed by atoms with Crippen molar-refractivity contribution in [3.8, 4) is 0 Å². The molecular weight excluding hydrogens is 292 g/mol. The topological polar surface area (TPSA) is 78.5 Å². The molecular formula is C13H22N4O3S. The van der Waals surface area contributed by atoms with Crippen LogP contribution in [0.4, 0.5) is 0 Å². The highest BCUT2D eigenvalue weighted by Gasteiger charge is 2.30. The first-order valence-electron chi connectivity index (χ1n) is 7.41. The first kappa shape index (κ1) is 15.0. The quantitative estimate of drug-likeness (QED) is 0.859. The number of nitrogens with one attached hydrogen (secondary N) is 1. The average Bonchev–Trinajstić information content (AvgIpc) is 3.11. The fourth-order valence-corrected chi connectivity index (χ4v) is 4.28. The maximum absolute atomic E-state index is 12.5. The van der Waals surface area contributed by atoms with Gasteiger partial charge < -0.3 is 9.72 Å². The van der Waals surface area contributed by atoms with E-state index in [1.54, 1.807) is 6.92 Å². The van der Waals surface area contributed by atoms with Crippen LogP contribution in [0.1, 0.15) is 18.7 Å². The number of H-pyrrole nitrogens is 1. The number of ether oxygens (including phenoxy) is 1. The molecule has 0 amide bonds. The molecule has 2 aliphatic rings. The third-order valence-corrected chi connectivity index (χ3v) is 5.92. The van der Waals surface area contributed by atoms with Crippen LogP contribution in [-0.4, -0.2) is 73.0 Å². The van der Waals surface area contributed by atoms with Crippen molar-refractivity contribution >= 4 is 10.0 Å². The van der Waals surface area contributed by atoms with Gasteiger partial charge in [-0.05, 0) is 19.8 Å². The van der Waals surface area contributed by atoms with Crippen molar-refractivity contribution in [2.24, 2.45) is 0 Å². The molecule has 7 nitrogen and oxygen atoms in total. The zero-order chi connectivity index (χ0) is 14.9. The molecule has 1 aromatic heterocycles. The predicted octanol–water partition coefficient (Wildman–Crippen LogP) is 0.203. The molecule has 0 bridgehead atoms. The molecule has 2 aliphatic heterocycles. The minimum absolute atomic E-state index is 0.188. The molecule has 0 aromatic carbocycles. The maximum atomic E-state index is 12.5. The van der Waals surface area contributed by atoms with Gasteiger partial charge in [-0.15, -0.1) is 0 Å². The van der Waals surface area contributed by atoms with Crippen molar-refractivity contribution < 1.29 is 13.2 Å². The number of hydrogen-bond acceptors (Lipinski definition) is 5. The highest BCUT2D eigenvalue weighted by molar-refractivity contribution is 7.89. The molecule has 118 valence electrons. The van der Waals surface area contributed by atoms with Crippen molar-refractivity contribution in [3.05, 3.63) is 12.0 Å². The summed E-state index contributed by atoms with van der Waals surface area (Å²) in [7, 11) is -3.43. The van der Waals surface area contributed by atoms with Crippen LogP contribution in [0.5, 0.6) is 0 Å². The van der Waals surface area contributed by atoms with Crippen LogP contribution in [0.2, 0.25) is 0 Å².